The fourth-order valence-corrected chi connectivity index (χ4v) is 0. The van der Waals surface area contributed by atoms with Gasteiger partial charge in [-0.05, 0) is 10.4 Å². The monoisotopic (exact) mass is 207 g/mol. The van der Waals surface area contributed by atoms with Crippen molar-refractivity contribution >= 4 is 12.2 Å². The van der Waals surface area contributed by atoms with Crippen LogP contribution in [0.25, 0.3) is 0 Å². The van der Waals surface area contributed by atoms with E-state index in [-0.39, 0.29) is 16.8 Å². The van der Waals surface area contributed by atoms with Crippen LogP contribution in [0.4, 0.5) is 9.59 Å². The Balaban J connectivity index is -0.000000107. The molecule has 2 amide bonds. The van der Waals surface area contributed by atoms with E-state index in [1.807, 2.05) is 0 Å². The maximum Gasteiger partial charge on any atom is 2.00 e. The average Bonchev–Trinajstić information content (AvgIpc) is 1.89. The van der Waals surface area contributed by atoms with Crippen LogP contribution in [0.3, 0.4) is 0 Å². The summed E-state index contributed by atoms with van der Waals surface area (Å²) in [5, 5.41) is 20.4. The molecule has 0 aromatic carbocycles. The second kappa shape index (κ2) is 11.4. The smallest absolute Gasteiger partial charge is 0.526 e. The van der Waals surface area contributed by atoms with Crippen molar-refractivity contribution in [3.05, 3.63) is 9.81 Å². The minimum Gasteiger partial charge on any atom is -0.526 e. The normalized spacial score (nSPS) is 5.82. The molecule has 8 nitrogen and oxygen atoms in total. The van der Waals surface area contributed by atoms with Gasteiger partial charge in [-0.2, -0.15) is 0 Å². The van der Waals surface area contributed by atoms with Gasteiger partial charge in [-0.25, -0.2) is 0 Å². The molecule has 63 valence electrons. The Hall–Kier alpha value is -1.35. The van der Waals surface area contributed by atoms with Crippen LogP contribution in [-0.2, 0) is 16.8 Å². The van der Waals surface area contributed by atoms with Gasteiger partial charge >= 0.3 is 16.8 Å². The molecule has 0 aliphatic carbocycles. The summed E-state index contributed by atoms with van der Waals surface area (Å²) in [6, 6.07) is 0. The molecule has 9 heteroatoms. The summed E-state index contributed by atoms with van der Waals surface area (Å²) < 4.78 is 0. The number of rotatable bonds is 0. The molecule has 0 rings (SSSR count). The molecule has 0 atom stereocenters. The van der Waals surface area contributed by atoms with Crippen molar-refractivity contribution in [3.8, 4) is 0 Å². The van der Waals surface area contributed by atoms with Crippen LogP contribution in [0.5, 0.6) is 0 Å². The van der Waals surface area contributed by atoms with Gasteiger partial charge < -0.3 is 19.8 Å². The summed E-state index contributed by atoms with van der Waals surface area (Å²) in [7, 11) is 0. The molecular formula is C2CoN2O6. The molecule has 0 aliphatic heterocycles. The van der Waals surface area contributed by atoms with E-state index in [4.69, 9.17) is 29.6 Å². The summed E-state index contributed by atoms with van der Waals surface area (Å²) in [4.78, 5) is 34.7. The van der Waals surface area contributed by atoms with Crippen molar-refractivity contribution in [2.24, 2.45) is 10.4 Å². The van der Waals surface area contributed by atoms with E-state index in [9.17, 15) is 0 Å². The van der Waals surface area contributed by atoms with Crippen molar-refractivity contribution in [2.45, 2.75) is 0 Å². The third-order valence-electron chi connectivity index (χ3n) is 0.149. The van der Waals surface area contributed by atoms with Gasteiger partial charge in [0.2, 0.25) is 12.2 Å². The zero-order chi connectivity index (χ0) is 8.57. The van der Waals surface area contributed by atoms with Crippen molar-refractivity contribution in [3.63, 3.8) is 0 Å². The van der Waals surface area contributed by atoms with Gasteiger partial charge in [-0.15, -0.1) is 9.81 Å². The first-order valence-electron chi connectivity index (χ1n) is 1.63. The van der Waals surface area contributed by atoms with E-state index in [0.29, 0.717) is 0 Å². The molecule has 0 N–H and O–H groups in total. The first kappa shape index (κ1) is 16.3. The Morgan fingerprint density at radius 1 is 0.909 bits per heavy atom. The molecule has 0 aliphatic rings. The van der Waals surface area contributed by atoms with Gasteiger partial charge in [0.1, 0.15) is 0 Å². The molecule has 0 aromatic rings. The number of carbonyl (C=O) groups excluding carboxylic acids is 2. The molecule has 0 unspecified atom stereocenters. The maximum absolute atomic E-state index is 8.78. The van der Waals surface area contributed by atoms with E-state index in [1.54, 1.807) is 0 Å². The molecule has 11 heavy (non-hydrogen) atoms. The fraction of sp³-hybridized carbons (Fsp3) is 0. The van der Waals surface area contributed by atoms with E-state index in [1.165, 1.54) is 10.4 Å². The summed E-state index contributed by atoms with van der Waals surface area (Å²) in [6.07, 6.45) is -3.85. The number of hydrogen-bond acceptors (Lipinski definition) is 6. The van der Waals surface area contributed by atoms with Gasteiger partial charge in [-0.3, -0.25) is 0 Å². The minimum atomic E-state index is -1.93. The number of carbonyl (C=O) groups is 2. The number of amides is 2. The van der Waals surface area contributed by atoms with Gasteiger partial charge in [0.05, 0.1) is 0 Å². The Morgan fingerprint density at radius 2 is 1.00 bits per heavy atom. The van der Waals surface area contributed by atoms with Crippen molar-refractivity contribution in [2.75, 3.05) is 0 Å². The van der Waals surface area contributed by atoms with Crippen LogP contribution in [0, 0.1) is 9.81 Å². The van der Waals surface area contributed by atoms with Crippen molar-refractivity contribution in [1.82, 2.24) is 0 Å². The topological polar surface area (TPSA) is 139 Å². The van der Waals surface area contributed by atoms with E-state index >= 15 is 0 Å². The second-order valence-electron chi connectivity index (χ2n) is 0.714. The maximum atomic E-state index is 8.78. The van der Waals surface area contributed by atoms with Gasteiger partial charge in [-0.1, -0.05) is 0 Å². The summed E-state index contributed by atoms with van der Waals surface area (Å²) in [6.45, 7) is 0. The largest absolute Gasteiger partial charge is 2.00 e. The third kappa shape index (κ3) is 54.5. The molecule has 0 spiro atoms. The van der Waals surface area contributed by atoms with Crippen LogP contribution in [0.1, 0.15) is 0 Å². The van der Waals surface area contributed by atoms with E-state index in [0.717, 1.165) is 0 Å². The van der Waals surface area contributed by atoms with Gasteiger partial charge in [0.25, 0.3) is 0 Å². The van der Waals surface area contributed by atoms with Crippen LogP contribution in [-0.4, -0.2) is 12.2 Å². The molecule has 0 saturated heterocycles. The van der Waals surface area contributed by atoms with Crippen LogP contribution in [0.15, 0.2) is 10.4 Å². The molecule has 0 fully saturated rings. The average molecular weight is 207 g/mol. The SMILES string of the molecule is O=NC(=O)[O-].O=NC(=O)[O-].[Co+2]. The van der Waals surface area contributed by atoms with Crippen molar-refractivity contribution < 1.29 is 36.6 Å². The molecule has 1 radical (unpaired) electrons. The van der Waals surface area contributed by atoms with E-state index in [2.05, 4.69) is 0 Å². The number of hydrogen-bond donors (Lipinski definition) is 0. The number of nitrogens with zero attached hydrogens (tertiary/aromatic N) is 2. The molecule has 0 heterocycles. The standard InChI is InChI=1S/2CHNO3.Co/c2*3-1(4)2-5;/h2*(H,3,4);/q;;+2/p-2. The molecule has 0 saturated carbocycles. The Bertz CT molecular complexity index is 139. The fourth-order valence-electron chi connectivity index (χ4n) is 0. The Morgan fingerprint density at radius 3 is 1.00 bits per heavy atom. The molecule has 0 aromatic heterocycles. The Labute approximate surface area is 69.7 Å². The summed E-state index contributed by atoms with van der Waals surface area (Å²) >= 11 is 0. The summed E-state index contributed by atoms with van der Waals surface area (Å²) in [5.74, 6) is 0. The minimum absolute atomic E-state index is 0. The van der Waals surface area contributed by atoms with Crippen LogP contribution >= 0.6 is 0 Å². The van der Waals surface area contributed by atoms with Crippen LogP contribution in [0.2, 0.25) is 0 Å². The van der Waals surface area contributed by atoms with Gasteiger partial charge in [0, 0.05) is 0 Å². The number of carboxylic acid groups (broad SMARTS) is 2. The predicted molar refractivity (Wildman–Crippen MR) is 22.4 cm³/mol. The first-order valence-corrected chi connectivity index (χ1v) is 1.63. The van der Waals surface area contributed by atoms with Crippen molar-refractivity contribution in [1.29, 1.82) is 0 Å². The second-order valence-corrected chi connectivity index (χ2v) is 0.714. The quantitative estimate of drug-likeness (QED) is 0.428. The molecular weight excluding hydrogens is 207 g/mol. The number of nitroso groups, excluding NO2 is 2. The zero-order valence-electron chi connectivity index (χ0n) is 4.68. The van der Waals surface area contributed by atoms with Gasteiger partial charge in [0.15, 0.2) is 0 Å². The third-order valence-corrected chi connectivity index (χ3v) is 0.149. The van der Waals surface area contributed by atoms with E-state index < -0.39 is 12.2 Å². The zero-order valence-corrected chi connectivity index (χ0v) is 5.72. The molecule has 0 bridgehead atoms. The first-order chi connectivity index (χ1) is 4.54. The Kier molecular flexibility index (Phi) is 17.0. The van der Waals surface area contributed by atoms with Crippen LogP contribution < -0.4 is 10.2 Å². The summed E-state index contributed by atoms with van der Waals surface area (Å²) in [5.41, 5.74) is 0. The predicted octanol–water partition coefficient (Wildman–Crippen LogP) is -1.81.